The molecular formula is C18H14ClN3O5. The molecule has 138 valence electrons. The van der Waals surface area contributed by atoms with Gasteiger partial charge >= 0.3 is 0 Å². The van der Waals surface area contributed by atoms with Gasteiger partial charge in [-0.1, -0.05) is 35.0 Å². The zero-order valence-corrected chi connectivity index (χ0v) is 15.1. The molecule has 0 saturated carbocycles. The Hall–Kier alpha value is -3.39. The van der Waals surface area contributed by atoms with E-state index >= 15 is 0 Å². The van der Waals surface area contributed by atoms with Crippen LogP contribution in [0.5, 0.6) is 5.75 Å². The normalized spacial score (nSPS) is 10.5. The van der Waals surface area contributed by atoms with Gasteiger partial charge in [-0.2, -0.15) is 0 Å². The number of aromatic nitrogens is 1. The summed E-state index contributed by atoms with van der Waals surface area (Å²) >= 11 is 6.20. The lowest BCUT2D eigenvalue weighted by molar-refractivity contribution is -0.384. The van der Waals surface area contributed by atoms with Crippen molar-refractivity contribution in [2.75, 3.05) is 12.4 Å². The Bertz CT molecular complexity index is 1030. The predicted octanol–water partition coefficient (Wildman–Crippen LogP) is 4.47. The summed E-state index contributed by atoms with van der Waals surface area (Å²) in [4.78, 5) is 23.3. The summed E-state index contributed by atoms with van der Waals surface area (Å²) in [6.45, 7) is 1.59. The minimum Gasteiger partial charge on any atom is -0.495 e. The van der Waals surface area contributed by atoms with E-state index in [1.165, 1.54) is 25.3 Å². The number of aryl methyl sites for hydroxylation is 1. The molecule has 0 bridgehead atoms. The van der Waals surface area contributed by atoms with Crippen molar-refractivity contribution in [3.05, 3.63) is 68.9 Å². The van der Waals surface area contributed by atoms with E-state index in [1.54, 1.807) is 31.2 Å². The molecular weight excluding hydrogens is 374 g/mol. The number of amides is 1. The van der Waals surface area contributed by atoms with E-state index in [0.29, 0.717) is 10.6 Å². The van der Waals surface area contributed by atoms with Crippen molar-refractivity contribution in [2.45, 2.75) is 6.92 Å². The molecule has 9 heteroatoms. The third-order valence-corrected chi connectivity index (χ3v) is 4.19. The molecule has 0 atom stereocenters. The fraction of sp³-hybridized carbons (Fsp3) is 0.111. The first kappa shape index (κ1) is 18.4. The van der Waals surface area contributed by atoms with E-state index in [4.69, 9.17) is 20.9 Å². The molecule has 0 radical (unpaired) electrons. The van der Waals surface area contributed by atoms with Crippen LogP contribution in [0.4, 0.5) is 11.4 Å². The number of nitrogens with zero attached hydrogens (tertiary/aromatic N) is 2. The van der Waals surface area contributed by atoms with Gasteiger partial charge in [-0.25, -0.2) is 0 Å². The van der Waals surface area contributed by atoms with Crippen molar-refractivity contribution in [3.8, 4) is 17.0 Å². The Labute approximate surface area is 158 Å². The van der Waals surface area contributed by atoms with Crippen LogP contribution in [0.1, 0.15) is 16.1 Å². The number of anilines is 1. The molecule has 3 aromatic rings. The Morgan fingerprint density at radius 3 is 2.70 bits per heavy atom. The zero-order chi connectivity index (χ0) is 19.6. The molecule has 0 spiro atoms. The van der Waals surface area contributed by atoms with Crippen LogP contribution in [0, 0.1) is 17.0 Å². The predicted molar refractivity (Wildman–Crippen MR) is 99.3 cm³/mol. The lowest BCUT2D eigenvalue weighted by Gasteiger charge is -2.10. The second-order valence-corrected chi connectivity index (χ2v) is 5.95. The molecule has 1 aromatic heterocycles. The summed E-state index contributed by atoms with van der Waals surface area (Å²) < 4.78 is 10.3. The molecule has 8 nitrogen and oxygen atoms in total. The number of nitro groups is 1. The molecule has 0 saturated heterocycles. The number of hydrogen-bond acceptors (Lipinski definition) is 6. The van der Waals surface area contributed by atoms with Crippen LogP contribution in [0.3, 0.4) is 0 Å². The molecule has 2 aromatic carbocycles. The topological polar surface area (TPSA) is 108 Å². The van der Waals surface area contributed by atoms with E-state index in [2.05, 4.69) is 10.5 Å². The fourth-order valence-electron chi connectivity index (χ4n) is 2.57. The van der Waals surface area contributed by atoms with Crippen LogP contribution in [-0.2, 0) is 0 Å². The van der Waals surface area contributed by atoms with Gasteiger partial charge in [0.15, 0.2) is 0 Å². The smallest absolute Gasteiger partial charge is 0.271 e. The number of methoxy groups -OCH3 is 1. The number of rotatable bonds is 5. The molecule has 0 unspecified atom stereocenters. The number of carbonyl (C=O) groups excluding carboxylic acids is 1. The van der Waals surface area contributed by atoms with Crippen molar-refractivity contribution < 1.29 is 19.0 Å². The Kier molecular flexibility index (Phi) is 5.09. The molecule has 1 N–H and O–H groups in total. The van der Waals surface area contributed by atoms with E-state index < -0.39 is 10.8 Å². The third-order valence-electron chi connectivity index (χ3n) is 3.86. The van der Waals surface area contributed by atoms with Crippen LogP contribution in [0.2, 0.25) is 5.02 Å². The Balaban J connectivity index is 2.01. The van der Waals surface area contributed by atoms with Gasteiger partial charge in [0.1, 0.15) is 22.8 Å². The molecule has 0 aliphatic carbocycles. The van der Waals surface area contributed by atoms with Gasteiger partial charge in [0.05, 0.1) is 22.7 Å². The van der Waals surface area contributed by atoms with Crippen molar-refractivity contribution in [1.82, 2.24) is 5.16 Å². The summed E-state index contributed by atoms with van der Waals surface area (Å²) in [6, 6.07) is 10.8. The maximum absolute atomic E-state index is 12.9. The molecule has 1 amide bonds. The number of carbonyl (C=O) groups is 1. The second kappa shape index (κ2) is 7.46. The first-order valence-electron chi connectivity index (χ1n) is 7.77. The van der Waals surface area contributed by atoms with Gasteiger partial charge < -0.3 is 14.6 Å². The van der Waals surface area contributed by atoms with Gasteiger partial charge in [0.25, 0.3) is 11.6 Å². The second-order valence-electron chi connectivity index (χ2n) is 5.54. The number of benzene rings is 2. The van der Waals surface area contributed by atoms with E-state index in [9.17, 15) is 14.9 Å². The van der Waals surface area contributed by atoms with Crippen molar-refractivity contribution in [3.63, 3.8) is 0 Å². The van der Waals surface area contributed by atoms with E-state index in [-0.39, 0.29) is 34.1 Å². The van der Waals surface area contributed by atoms with E-state index in [1.807, 2.05) is 0 Å². The lowest BCUT2D eigenvalue weighted by Crippen LogP contribution is -2.14. The van der Waals surface area contributed by atoms with E-state index in [0.717, 1.165) is 0 Å². The molecule has 0 aliphatic heterocycles. The minimum absolute atomic E-state index is 0.155. The van der Waals surface area contributed by atoms with Gasteiger partial charge in [0.2, 0.25) is 0 Å². The van der Waals surface area contributed by atoms with Crippen LogP contribution in [0.15, 0.2) is 47.0 Å². The largest absolute Gasteiger partial charge is 0.495 e. The van der Waals surface area contributed by atoms with Crippen LogP contribution >= 0.6 is 11.6 Å². The summed E-state index contributed by atoms with van der Waals surface area (Å²) in [5, 5.41) is 18.0. The van der Waals surface area contributed by atoms with Crippen molar-refractivity contribution in [1.29, 1.82) is 0 Å². The van der Waals surface area contributed by atoms with Gasteiger partial charge in [-0.15, -0.1) is 0 Å². The lowest BCUT2D eigenvalue weighted by atomic mass is 10.1. The summed E-state index contributed by atoms with van der Waals surface area (Å²) in [5.41, 5.74) is 0.964. The zero-order valence-electron chi connectivity index (χ0n) is 14.4. The number of ether oxygens (including phenoxy) is 1. The highest BCUT2D eigenvalue weighted by molar-refractivity contribution is 6.33. The van der Waals surface area contributed by atoms with Gasteiger partial charge in [-0.3, -0.25) is 14.9 Å². The molecule has 0 fully saturated rings. The number of nitrogens with one attached hydrogen (secondary N) is 1. The highest BCUT2D eigenvalue weighted by atomic mass is 35.5. The maximum Gasteiger partial charge on any atom is 0.271 e. The van der Waals surface area contributed by atoms with Gasteiger partial charge in [0, 0.05) is 17.7 Å². The average molecular weight is 388 g/mol. The SMILES string of the molecule is COc1ccc([N+](=O)[O-])cc1NC(=O)c1c(-c2ccccc2Cl)noc1C. The third kappa shape index (κ3) is 3.61. The molecule has 0 aliphatic rings. The minimum atomic E-state index is -0.561. The molecule has 27 heavy (non-hydrogen) atoms. The van der Waals surface area contributed by atoms with Crippen LogP contribution < -0.4 is 10.1 Å². The number of halogens is 1. The van der Waals surface area contributed by atoms with Crippen LogP contribution in [0.25, 0.3) is 11.3 Å². The highest BCUT2D eigenvalue weighted by Crippen LogP contribution is 2.33. The summed E-state index contributed by atoms with van der Waals surface area (Å²) in [6.07, 6.45) is 0. The number of non-ortho nitro benzene ring substituents is 1. The Morgan fingerprint density at radius 1 is 1.30 bits per heavy atom. The number of nitro benzene ring substituents is 1. The number of hydrogen-bond donors (Lipinski definition) is 1. The monoisotopic (exact) mass is 387 g/mol. The molecule has 1 heterocycles. The van der Waals surface area contributed by atoms with Gasteiger partial charge in [-0.05, 0) is 19.1 Å². The average Bonchev–Trinajstić information content (AvgIpc) is 3.03. The van der Waals surface area contributed by atoms with Crippen molar-refractivity contribution in [2.24, 2.45) is 0 Å². The first-order valence-corrected chi connectivity index (χ1v) is 8.15. The Morgan fingerprint density at radius 2 is 2.04 bits per heavy atom. The first-order chi connectivity index (χ1) is 12.9. The van der Waals surface area contributed by atoms with Crippen molar-refractivity contribution >= 4 is 28.9 Å². The van der Waals surface area contributed by atoms with Crippen LogP contribution in [-0.4, -0.2) is 23.1 Å². The summed E-state index contributed by atoms with van der Waals surface area (Å²) in [7, 11) is 1.40. The fourth-order valence-corrected chi connectivity index (χ4v) is 2.79. The highest BCUT2D eigenvalue weighted by Gasteiger charge is 2.24. The standard InChI is InChI=1S/C18H14ClN3O5/c1-10-16(17(21-27-10)12-5-3-4-6-13(12)19)18(23)20-14-9-11(22(24)25)7-8-15(14)26-2/h3-9H,1-2H3,(H,20,23). The maximum atomic E-state index is 12.9. The quantitative estimate of drug-likeness (QED) is 0.511. The summed E-state index contributed by atoms with van der Waals surface area (Å²) in [5.74, 6) is 0.0108. The molecule has 3 rings (SSSR count).